The minimum absolute atomic E-state index is 1.03. The van der Waals surface area contributed by atoms with Crippen LogP contribution in [0.4, 0.5) is 0 Å². The number of hydrogen-bond donors (Lipinski definition) is 2. The van der Waals surface area contributed by atoms with Crippen LogP contribution in [0.15, 0.2) is 0 Å². The number of unbranched alkanes of at least 4 members (excludes halogenated alkanes) is 1. The fourth-order valence-corrected chi connectivity index (χ4v) is 0.414. The second kappa shape index (κ2) is 31.7. The maximum Gasteiger partial charge on any atom is 0.00560 e. The molecule has 0 aromatic rings. The zero-order chi connectivity index (χ0) is 9.54. The van der Waals surface area contributed by atoms with Crippen LogP contribution in [-0.2, 0) is 0 Å². The number of nitrogens with one attached hydrogen (secondary N) is 1. The average Bonchev–Trinajstić information content (AvgIpc) is 2.06. The third-order valence-electron chi connectivity index (χ3n) is 0.642. The van der Waals surface area contributed by atoms with E-state index in [9.17, 15) is 0 Å². The molecule has 11 heavy (non-hydrogen) atoms. The van der Waals surface area contributed by atoms with Crippen LogP contribution < -0.4 is 4.72 Å². The van der Waals surface area contributed by atoms with Crippen molar-refractivity contribution in [2.75, 3.05) is 6.54 Å². The molecule has 0 aromatic heterocycles. The highest BCUT2D eigenvalue weighted by atomic mass is 32.1. The van der Waals surface area contributed by atoms with E-state index in [-0.39, 0.29) is 0 Å². The number of rotatable bonds is 3. The van der Waals surface area contributed by atoms with Gasteiger partial charge in [-0.2, -0.15) is 0 Å². The minimum atomic E-state index is 1.03. The van der Waals surface area contributed by atoms with E-state index in [1.54, 1.807) is 0 Å². The highest BCUT2D eigenvalue weighted by molar-refractivity contribution is 7.78. The summed E-state index contributed by atoms with van der Waals surface area (Å²) < 4.78 is 2.76. The molecule has 0 heterocycles. The first-order valence-corrected chi connectivity index (χ1v) is 5.15. The van der Waals surface area contributed by atoms with Crippen LogP contribution in [0.25, 0.3) is 0 Å². The Morgan fingerprint density at radius 2 is 1.45 bits per heavy atom. The Balaban J connectivity index is -0.000000109. The van der Waals surface area contributed by atoms with Crippen LogP contribution >= 0.6 is 12.8 Å². The second-order valence-corrected chi connectivity index (χ2v) is 2.29. The molecule has 0 radical (unpaired) electrons. The predicted molar refractivity (Wildman–Crippen MR) is 59.2 cm³/mol. The Morgan fingerprint density at radius 3 is 1.55 bits per heavy atom. The van der Waals surface area contributed by atoms with E-state index >= 15 is 0 Å². The van der Waals surface area contributed by atoms with Gasteiger partial charge < -0.3 is 0 Å². The summed E-state index contributed by atoms with van der Waals surface area (Å²) in [6, 6.07) is 0. The normalized spacial score (nSPS) is 7.09. The first-order chi connectivity index (χ1) is 5.33. The van der Waals surface area contributed by atoms with E-state index in [0.29, 0.717) is 0 Å². The molecule has 0 fully saturated rings. The van der Waals surface area contributed by atoms with E-state index in [2.05, 4.69) is 38.3 Å². The third kappa shape index (κ3) is 65.0. The number of thiol groups is 1. The van der Waals surface area contributed by atoms with Crippen molar-refractivity contribution in [2.24, 2.45) is 0 Å². The first-order valence-electron chi connectivity index (χ1n) is 4.70. The molecule has 0 bridgehead atoms. The third-order valence-corrected chi connectivity index (χ3v) is 0.866. The summed E-state index contributed by atoms with van der Waals surface area (Å²) in [7, 11) is 0. The van der Waals surface area contributed by atoms with Gasteiger partial charge in [0.15, 0.2) is 0 Å². The highest BCUT2D eigenvalue weighted by Gasteiger charge is 1.74. The lowest BCUT2D eigenvalue weighted by Gasteiger charge is -1.88. The molecule has 0 aromatic carbocycles. The quantitative estimate of drug-likeness (QED) is 0.498. The van der Waals surface area contributed by atoms with Gasteiger partial charge >= 0.3 is 0 Å². The standard InChI is InChI=1S/C4H11NS.C3H8.C2H6/c1-2-3-4-5-6;1-3-2;1-2/h5-6H,2-4H2,1H3;3H2,1-2H3;1-2H3. The Hall–Kier alpha value is 0.310. The van der Waals surface area contributed by atoms with Crippen LogP contribution in [0.2, 0.25) is 0 Å². The van der Waals surface area contributed by atoms with Crippen molar-refractivity contribution in [3.8, 4) is 0 Å². The van der Waals surface area contributed by atoms with Gasteiger partial charge in [-0.1, -0.05) is 60.3 Å². The van der Waals surface area contributed by atoms with E-state index < -0.39 is 0 Å². The fraction of sp³-hybridized carbons (Fsp3) is 1.00. The lowest BCUT2D eigenvalue weighted by Crippen LogP contribution is -1.98. The average molecular weight is 179 g/mol. The smallest absolute Gasteiger partial charge is 0.00560 e. The van der Waals surface area contributed by atoms with Gasteiger partial charge in [0.2, 0.25) is 0 Å². The first kappa shape index (κ1) is 17.4. The molecule has 0 saturated carbocycles. The van der Waals surface area contributed by atoms with Gasteiger partial charge in [0, 0.05) is 6.54 Å². The summed E-state index contributed by atoms with van der Waals surface area (Å²) in [4.78, 5) is 0. The van der Waals surface area contributed by atoms with Gasteiger partial charge in [0.1, 0.15) is 0 Å². The number of hydrogen-bond acceptors (Lipinski definition) is 2. The predicted octanol–water partition coefficient (Wildman–Crippen LogP) is 3.66. The maximum absolute atomic E-state index is 3.80. The van der Waals surface area contributed by atoms with Gasteiger partial charge in [-0.25, -0.2) is 0 Å². The molecule has 0 aliphatic carbocycles. The Labute approximate surface area is 78.5 Å². The molecule has 0 amide bonds. The summed E-state index contributed by atoms with van der Waals surface area (Å²) in [5.74, 6) is 0. The summed E-state index contributed by atoms with van der Waals surface area (Å²) in [6.45, 7) is 11.4. The zero-order valence-electron chi connectivity index (χ0n) is 8.78. The molecule has 0 spiro atoms. The summed E-state index contributed by atoms with van der Waals surface area (Å²) >= 11 is 3.80. The van der Waals surface area contributed by atoms with Crippen molar-refractivity contribution >= 4 is 12.8 Å². The molecule has 1 nitrogen and oxygen atoms in total. The molecule has 0 unspecified atom stereocenters. The van der Waals surface area contributed by atoms with Gasteiger partial charge in [-0.05, 0) is 6.42 Å². The van der Waals surface area contributed by atoms with Crippen molar-refractivity contribution in [1.82, 2.24) is 4.72 Å². The molecule has 1 N–H and O–H groups in total. The van der Waals surface area contributed by atoms with Crippen molar-refractivity contribution in [1.29, 1.82) is 0 Å². The molecular formula is C9H25NS. The lowest BCUT2D eigenvalue weighted by atomic mass is 10.3. The Morgan fingerprint density at radius 1 is 1.09 bits per heavy atom. The van der Waals surface area contributed by atoms with Crippen molar-refractivity contribution < 1.29 is 0 Å². The molecule has 72 valence electrons. The van der Waals surface area contributed by atoms with Crippen LogP contribution in [0, 0.1) is 0 Å². The molecule has 0 aliphatic heterocycles. The van der Waals surface area contributed by atoms with Crippen LogP contribution in [0.1, 0.15) is 53.9 Å². The van der Waals surface area contributed by atoms with Gasteiger partial charge in [-0.15, -0.1) is 0 Å². The SMILES string of the molecule is CC.CCC.CCCCNS. The van der Waals surface area contributed by atoms with E-state index in [1.165, 1.54) is 19.3 Å². The van der Waals surface area contributed by atoms with Gasteiger partial charge in [0.05, 0.1) is 0 Å². The fourth-order valence-electron chi connectivity index (χ4n) is 0.256. The van der Waals surface area contributed by atoms with Crippen LogP contribution in [0.5, 0.6) is 0 Å². The lowest BCUT2D eigenvalue weighted by molar-refractivity contribution is 0.779. The molecule has 0 atom stereocenters. The topological polar surface area (TPSA) is 12.0 Å². The Bertz CT molecular complexity index is 28.7. The van der Waals surface area contributed by atoms with E-state index in [4.69, 9.17) is 0 Å². The molecule has 2 heteroatoms. The highest BCUT2D eigenvalue weighted by Crippen LogP contribution is 1.81. The summed E-state index contributed by atoms with van der Waals surface area (Å²) in [5, 5.41) is 0. The van der Waals surface area contributed by atoms with E-state index in [0.717, 1.165) is 6.54 Å². The van der Waals surface area contributed by atoms with Crippen LogP contribution in [0.3, 0.4) is 0 Å². The molecule has 0 aliphatic rings. The van der Waals surface area contributed by atoms with Crippen molar-refractivity contribution in [3.63, 3.8) is 0 Å². The monoisotopic (exact) mass is 179 g/mol. The van der Waals surface area contributed by atoms with Crippen molar-refractivity contribution in [2.45, 2.75) is 53.9 Å². The molecule has 0 rings (SSSR count). The van der Waals surface area contributed by atoms with Crippen LogP contribution in [-0.4, -0.2) is 6.54 Å². The zero-order valence-corrected chi connectivity index (χ0v) is 9.67. The summed E-state index contributed by atoms with van der Waals surface area (Å²) in [6.07, 6.45) is 3.72. The summed E-state index contributed by atoms with van der Waals surface area (Å²) in [5.41, 5.74) is 0. The maximum atomic E-state index is 3.80. The largest absolute Gasteiger partial charge is 0.267 e. The second-order valence-electron chi connectivity index (χ2n) is 1.97. The van der Waals surface area contributed by atoms with Gasteiger partial charge in [-0.3, -0.25) is 4.72 Å². The molecular weight excluding hydrogens is 154 g/mol. The minimum Gasteiger partial charge on any atom is -0.267 e. The van der Waals surface area contributed by atoms with Gasteiger partial charge in [0.25, 0.3) is 0 Å². The van der Waals surface area contributed by atoms with E-state index in [1.807, 2.05) is 13.8 Å². The Kier molecular flexibility index (Phi) is 50.2. The van der Waals surface area contributed by atoms with Crippen molar-refractivity contribution in [3.05, 3.63) is 0 Å². The molecule has 0 saturated heterocycles.